The zero-order valence-corrected chi connectivity index (χ0v) is 24.2. The average molecular weight is 580 g/mol. The van der Waals surface area contributed by atoms with Crippen LogP contribution >= 0.6 is 0 Å². The van der Waals surface area contributed by atoms with E-state index in [1.54, 1.807) is 24.0 Å². The number of cyclic esters (lactones) is 1. The van der Waals surface area contributed by atoms with Gasteiger partial charge < -0.3 is 14.4 Å². The van der Waals surface area contributed by atoms with Crippen LogP contribution in [0.25, 0.3) is 21.9 Å². The van der Waals surface area contributed by atoms with Gasteiger partial charge in [0, 0.05) is 30.6 Å². The van der Waals surface area contributed by atoms with E-state index >= 15 is 0 Å². The van der Waals surface area contributed by atoms with E-state index in [1.165, 1.54) is 13.2 Å². The maximum atomic E-state index is 14.9. The first-order chi connectivity index (χ1) is 19.8. The molecule has 0 aliphatic carbocycles. The van der Waals surface area contributed by atoms with Gasteiger partial charge in [0.25, 0.3) is 0 Å². The van der Waals surface area contributed by atoms with Crippen molar-refractivity contribution in [3.05, 3.63) is 100 Å². The van der Waals surface area contributed by atoms with E-state index in [2.05, 4.69) is 0 Å². The number of methoxy groups -OCH3 is 1. The predicted molar refractivity (Wildman–Crippen MR) is 155 cm³/mol. The van der Waals surface area contributed by atoms with Crippen molar-refractivity contribution < 1.29 is 31.8 Å². The molecule has 1 aliphatic heterocycles. The lowest BCUT2D eigenvalue weighted by Crippen LogP contribution is -2.44. The normalized spacial score (nSPS) is 17.6. The Hall–Kier alpha value is -4.07. The number of fused-ring (bicyclic) bond motifs is 1. The third-order valence-electron chi connectivity index (χ3n) is 7.91. The molecule has 4 nitrogen and oxygen atoms in total. The third-order valence-corrected chi connectivity index (χ3v) is 7.91. The van der Waals surface area contributed by atoms with Gasteiger partial charge >= 0.3 is 12.3 Å². The molecule has 4 aromatic carbocycles. The number of aryl methyl sites for hydroxylation is 1. The van der Waals surface area contributed by atoms with Crippen molar-refractivity contribution in [1.29, 1.82) is 0 Å². The lowest BCUT2D eigenvalue weighted by molar-refractivity contribution is -0.137. The van der Waals surface area contributed by atoms with Crippen molar-refractivity contribution in [1.82, 2.24) is 4.90 Å². The lowest BCUT2D eigenvalue weighted by atomic mass is 9.90. The molecule has 1 saturated heterocycles. The van der Waals surface area contributed by atoms with Crippen LogP contribution in [0, 0.1) is 12.7 Å². The second kappa shape index (κ2) is 11.3. The maximum Gasteiger partial charge on any atom is 0.416 e. The van der Waals surface area contributed by atoms with Crippen LogP contribution in [0.15, 0.2) is 66.7 Å². The second-order valence-corrected chi connectivity index (χ2v) is 11.3. The molecule has 0 saturated carbocycles. The highest BCUT2D eigenvalue weighted by molar-refractivity contribution is 5.90. The molecule has 0 spiro atoms. The van der Waals surface area contributed by atoms with E-state index in [9.17, 15) is 22.4 Å². The van der Waals surface area contributed by atoms with Crippen LogP contribution in [0.1, 0.15) is 67.0 Å². The lowest BCUT2D eigenvalue weighted by Gasteiger charge is -2.38. The first kappa shape index (κ1) is 29.4. The van der Waals surface area contributed by atoms with Crippen LogP contribution < -0.4 is 4.74 Å². The molecule has 1 heterocycles. The van der Waals surface area contributed by atoms with Gasteiger partial charge in [-0.3, -0.25) is 0 Å². The minimum absolute atomic E-state index is 0.0629. The van der Waals surface area contributed by atoms with Crippen molar-refractivity contribution >= 4 is 16.9 Å². The fourth-order valence-corrected chi connectivity index (χ4v) is 5.69. The van der Waals surface area contributed by atoms with E-state index < -0.39 is 23.9 Å². The smallest absolute Gasteiger partial charge is 0.416 e. The summed E-state index contributed by atoms with van der Waals surface area (Å²) >= 11 is 0. The quantitative estimate of drug-likeness (QED) is 0.214. The Balaban J connectivity index is 1.53. The van der Waals surface area contributed by atoms with Gasteiger partial charge in [-0.05, 0) is 83.1 Å². The second-order valence-electron chi connectivity index (χ2n) is 11.3. The first-order valence-corrected chi connectivity index (χ1v) is 13.9. The van der Waals surface area contributed by atoms with E-state index in [-0.39, 0.29) is 24.3 Å². The summed E-state index contributed by atoms with van der Waals surface area (Å²) in [5, 5.41) is 1.94. The summed E-state index contributed by atoms with van der Waals surface area (Å²) in [5.41, 5.74) is 2.87. The number of benzene rings is 4. The van der Waals surface area contributed by atoms with Crippen molar-refractivity contribution in [2.24, 2.45) is 0 Å². The van der Waals surface area contributed by atoms with Crippen molar-refractivity contribution in [3.8, 4) is 16.9 Å². The summed E-state index contributed by atoms with van der Waals surface area (Å²) in [6, 6.07) is 18.5. The highest BCUT2D eigenvalue weighted by Crippen LogP contribution is 2.41. The zero-order valence-electron chi connectivity index (χ0n) is 24.2. The van der Waals surface area contributed by atoms with Gasteiger partial charge in [-0.15, -0.1) is 0 Å². The van der Waals surface area contributed by atoms with Crippen LogP contribution in [-0.2, 0) is 17.5 Å². The molecular weight excluding hydrogens is 546 g/mol. The molecule has 0 aromatic heterocycles. The summed E-state index contributed by atoms with van der Waals surface area (Å²) in [5.74, 6) is -0.0354. The number of ether oxygens (including phenoxy) is 2. The summed E-state index contributed by atoms with van der Waals surface area (Å²) in [7, 11) is 1.49. The molecule has 0 unspecified atom stereocenters. The summed E-state index contributed by atoms with van der Waals surface area (Å²) < 4.78 is 66.6. The molecule has 8 heteroatoms. The molecule has 220 valence electrons. The minimum Gasteiger partial charge on any atom is -0.496 e. The summed E-state index contributed by atoms with van der Waals surface area (Å²) in [6.07, 6.45) is -5.58. The van der Waals surface area contributed by atoms with Gasteiger partial charge in [-0.1, -0.05) is 49.7 Å². The number of rotatable bonds is 6. The molecular formula is C34H33F4NO3. The number of carbonyl (C=O) groups excluding carboxylic acids is 1. The SMILES string of the molecule is COc1cc(F)c(C(C)C)cc1-c1cc2ccccc2cc1CN1C(=O)O[C@H](c2cc(C)cc(C(F)(F)F)c2)C[C@@H]1C. The Kier molecular flexibility index (Phi) is 7.92. The Labute approximate surface area is 242 Å². The number of alkyl halides is 3. The highest BCUT2D eigenvalue weighted by atomic mass is 19.4. The van der Waals surface area contributed by atoms with Gasteiger partial charge in [0.15, 0.2) is 0 Å². The monoisotopic (exact) mass is 579 g/mol. The minimum atomic E-state index is -4.50. The van der Waals surface area contributed by atoms with Gasteiger partial charge in [0.1, 0.15) is 17.7 Å². The van der Waals surface area contributed by atoms with Crippen molar-refractivity contribution in [2.45, 2.75) is 64.9 Å². The molecule has 1 aliphatic rings. The van der Waals surface area contributed by atoms with E-state index in [0.29, 0.717) is 34.4 Å². The predicted octanol–water partition coefficient (Wildman–Crippen LogP) is 9.58. The van der Waals surface area contributed by atoms with Crippen LogP contribution in [0.4, 0.5) is 22.4 Å². The Morgan fingerprint density at radius 3 is 2.31 bits per heavy atom. The Bertz CT molecular complexity index is 1650. The number of hydrogen-bond acceptors (Lipinski definition) is 3. The molecule has 1 fully saturated rings. The fraction of sp³-hybridized carbons (Fsp3) is 0.324. The summed E-state index contributed by atoms with van der Waals surface area (Å²) in [4.78, 5) is 15.0. The van der Waals surface area contributed by atoms with E-state index in [0.717, 1.165) is 34.0 Å². The third kappa shape index (κ3) is 5.80. The first-order valence-electron chi connectivity index (χ1n) is 13.9. The number of amides is 1. The van der Waals surface area contributed by atoms with Crippen LogP contribution in [0.2, 0.25) is 0 Å². The Morgan fingerprint density at radius 1 is 1.00 bits per heavy atom. The molecule has 2 atom stereocenters. The molecule has 0 bridgehead atoms. The van der Waals surface area contributed by atoms with E-state index in [4.69, 9.17) is 9.47 Å². The molecule has 5 rings (SSSR count). The standard InChI is InChI=1S/C34H33F4NO3/c1-19(2)27-16-29(32(41-5)17-30(27)35)28-15-23-9-7-6-8-22(23)13-25(28)18-39-21(4)12-31(42-33(39)40)24-10-20(3)11-26(14-24)34(36,37)38/h6-11,13-17,19,21,31H,12,18H2,1-5H3/t21-,31-/m0/s1. The molecule has 0 N–H and O–H groups in total. The van der Waals surface area contributed by atoms with Crippen LogP contribution in [0.5, 0.6) is 5.75 Å². The molecule has 1 amide bonds. The van der Waals surface area contributed by atoms with Crippen molar-refractivity contribution in [2.75, 3.05) is 7.11 Å². The summed E-state index contributed by atoms with van der Waals surface area (Å²) in [6.45, 7) is 7.48. The van der Waals surface area contributed by atoms with E-state index in [1.807, 2.05) is 57.2 Å². The number of carbonyl (C=O) groups is 1. The largest absolute Gasteiger partial charge is 0.496 e. The number of hydrogen-bond donors (Lipinski definition) is 0. The van der Waals surface area contributed by atoms with Gasteiger partial charge in [0.05, 0.1) is 12.7 Å². The highest BCUT2D eigenvalue weighted by Gasteiger charge is 2.36. The molecule has 4 aromatic rings. The number of nitrogens with zero attached hydrogens (tertiary/aromatic N) is 1. The van der Waals surface area contributed by atoms with Crippen LogP contribution in [0.3, 0.4) is 0 Å². The molecule has 0 radical (unpaired) electrons. The zero-order chi connectivity index (χ0) is 30.3. The molecule has 42 heavy (non-hydrogen) atoms. The van der Waals surface area contributed by atoms with Gasteiger partial charge in [-0.2, -0.15) is 13.2 Å². The fourth-order valence-electron chi connectivity index (χ4n) is 5.69. The average Bonchev–Trinajstić information content (AvgIpc) is 2.93. The topological polar surface area (TPSA) is 38.8 Å². The van der Waals surface area contributed by atoms with Gasteiger partial charge in [0.2, 0.25) is 0 Å². The van der Waals surface area contributed by atoms with Crippen LogP contribution in [-0.4, -0.2) is 24.1 Å². The maximum absolute atomic E-state index is 14.9. The van der Waals surface area contributed by atoms with Crippen molar-refractivity contribution in [3.63, 3.8) is 0 Å². The Morgan fingerprint density at radius 2 is 1.69 bits per heavy atom. The number of halogens is 4. The van der Waals surface area contributed by atoms with Gasteiger partial charge in [-0.25, -0.2) is 9.18 Å².